The first-order valence-electron chi connectivity index (χ1n) is 7.92. The Labute approximate surface area is 156 Å². The molecule has 0 saturated carbocycles. The predicted molar refractivity (Wildman–Crippen MR) is 99.8 cm³/mol. The summed E-state index contributed by atoms with van der Waals surface area (Å²) in [5.41, 5.74) is 3.54. The average molecular weight is 377 g/mol. The maximum atomic E-state index is 8.95. The van der Waals surface area contributed by atoms with Crippen molar-refractivity contribution in [2.45, 2.75) is 13.1 Å². The molecule has 0 fully saturated rings. The molecule has 0 aliphatic rings. The first kappa shape index (κ1) is 17.9. The third-order valence-corrected chi connectivity index (χ3v) is 4.27. The van der Waals surface area contributed by atoms with Crippen LogP contribution in [0.1, 0.15) is 11.3 Å². The number of benzene rings is 2. The van der Waals surface area contributed by atoms with Crippen LogP contribution in [0, 0.1) is 0 Å². The van der Waals surface area contributed by atoms with Gasteiger partial charge in [-0.1, -0.05) is 59.6 Å². The van der Waals surface area contributed by atoms with Gasteiger partial charge in [0.2, 0.25) is 0 Å². The van der Waals surface area contributed by atoms with Crippen LogP contribution in [0.5, 0.6) is 0 Å². The van der Waals surface area contributed by atoms with Gasteiger partial charge in [-0.15, -0.1) is 0 Å². The summed E-state index contributed by atoms with van der Waals surface area (Å²) in [7, 11) is 0. The molecule has 3 rings (SSSR count). The van der Waals surface area contributed by atoms with Crippen molar-refractivity contribution in [1.29, 1.82) is 0 Å². The van der Waals surface area contributed by atoms with Crippen molar-refractivity contribution in [3.8, 4) is 11.3 Å². The lowest BCUT2D eigenvalue weighted by Gasteiger charge is -2.04. The largest absolute Gasteiger partial charge is 0.395 e. The molecule has 0 radical (unpaired) electrons. The number of rotatable bonds is 7. The molecule has 0 aliphatic carbocycles. The molecule has 0 atom stereocenters. The molecular formula is C18H18Cl2N4O. The van der Waals surface area contributed by atoms with Gasteiger partial charge in [-0.2, -0.15) is 15.0 Å². The number of aromatic nitrogens is 3. The summed E-state index contributed by atoms with van der Waals surface area (Å²) in [6, 6.07) is 15.3. The Balaban J connectivity index is 1.89. The minimum atomic E-state index is 0.0786. The van der Waals surface area contributed by atoms with Crippen LogP contribution in [-0.4, -0.2) is 33.3 Å². The first-order valence-corrected chi connectivity index (χ1v) is 8.68. The van der Waals surface area contributed by atoms with Gasteiger partial charge in [-0.25, -0.2) is 0 Å². The van der Waals surface area contributed by atoms with Crippen LogP contribution in [0.3, 0.4) is 0 Å². The van der Waals surface area contributed by atoms with E-state index in [1.54, 1.807) is 16.9 Å². The number of nitrogens with zero attached hydrogens (tertiary/aromatic N) is 3. The van der Waals surface area contributed by atoms with Crippen LogP contribution in [0.4, 0.5) is 0 Å². The lowest BCUT2D eigenvalue weighted by Crippen LogP contribution is -2.18. The highest BCUT2D eigenvalue weighted by Crippen LogP contribution is 2.23. The van der Waals surface area contributed by atoms with E-state index in [1.165, 1.54) is 0 Å². The van der Waals surface area contributed by atoms with Gasteiger partial charge in [-0.3, -0.25) is 0 Å². The van der Waals surface area contributed by atoms with Crippen LogP contribution >= 0.6 is 23.2 Å². The Morgan fingerprint density at radius 2 is 1.84 bits per heavy atom. The molecule has 1 aromatic heterocycles. The Kier molecular flexibility index (Phi) is 6.04. The zero-order valence-electron chi connectivity index (χ0n) is 13.5. The van der Waals surface area contributed by atoms with E-state index < -0.39 is 0 Å². The number of halogens is 2. The van der Waals surface area contributed by atoms with Gasteiger partial charge in [0.05, 0.1) is 13.2 Å². The molecule has 0 spiro atoms. The van der Waals surface area contributed by atoms with E-state index in [-0.39, 0.29) is 6.61 Å². The van der Waals surface area contributed by atoms with Crippen LogP contribution in [-0.2, 0) is 13.1 Å². The lowest BCUT2D eigenvalue weighted by molar-refractivity contribution is 0.291. The second-order valence-electron chi connectivity index (χ2n) is 5.53. The molecule has 0 saturated heterocycles. The Morgan fingerprint density at radius 1 is 1.04 bits per heavy atom. The number of hydrogen-bond acceptors (Lipinski definition) is 4. The third kappa shape index (κ3) is 4.58. The summed E-state index contributed by atoms with van der Waals surface area (Å²) in [6.07, 6.45) is 0. The highest BCUT2D eigenvalue weighted by atomic mass is 35.5. The van der Waals surface area contributed by atoms with Crippen molar-refractivity contribution in [3.05, 3.63) is 69.8 Å². The summed E-state index contributed by atoms with van der Waals surface area (Å²) in [5.74, 6) is 0. The van der Waals surface area contributed by atoms with Crippen molar-refractivity contribution in [1.82, 2.24) is 20.3 Å². The van der Waals surface area contributed by atoms with Crippen molar-refractivity contribution >= 4 is 23.2 Å². The molecule has 1 heterocycles. The fraction of sp³-hybridized carbons (Fsp3) is 0.222. The second kappa shape index (κ2) is 8.45. The monoisotopic (exact) mass is 376 g/mol. The summed E-state index contributed by atoms with van der Waals surface area (Å²) >= 11 is 12.2. The minimum Gasteiger partial charge on any atom is -0.395 e. The highest BCUT2D eigenvalue weighted by Gasteiger charge is 2.14. The van der Waals surface area contributed by atoms with E-state index in [2.05, 4.69) is 15.5 Å². The molecule has 25 heavy (non-hydrogen) atoms. The summed E-state index contributed by atoms with van der Waals surface area (Å²) in [4.78, 5) is 1.63. The number of hydrogen-bond donors (Lipinski definition) is 2. The molecule has 7 heteroatoms. The van der Waals surface area contributed by atoms with E-state index in [0.29, 0.717) is 29.7 Å². The smallest absolute Gasteiger partial charge is 0.117 e. The first-order chi connectivity index (χ1) is 12.2. The SMILES string of the molecule is OCCNCc1nn(Cc2ccc(Cl)cc2Cl)nc1-c1ccccc1. The third-order valence-electron chi connectivity index (χ3n) is 3.68. The van der Waals surface area contributed by atoms with Crippen molar-refractivity contribution < 1.29 is 5.11 Å². The lowest BCUT2D eigenvalue weighted by atomic mass is 10.1. The Morgan fingerprint density at radius 3 is 2.56 bits per heavy atom. The van der Waals surface area contributed by atoms with Gasteiger partial charge >= 0.3 is 0 Å². The molecular weight excluding hydrogens is 359 g/mol. The second-order valence-corrected chi connectivity index (χ2v) is 6.37. The normalized spacial score (nSPS) is 11.0. The van der Waals surface area contributed by atoms with E-state index in [0.717, 1.165) is 22.5 Å². The molecule has 3 aromatic rings. The van der Waals surface area contributed by atoms with Crippen LogP contribution in [0.15, 0.2) is 48.5 Å². The molecule has 0 amide bonds. The fourth-order valence-electron chi connectivity index (χ4n) is 2.48. The van der Waals surface area contributed by atoms with Crippen molar-refractivity contribution in [2.75, 3.05) is 13.2 Å². The summed E-state index contributed by atoms with van der Waals surface area (Å²) < 4.78 is 0. The molecule has 0 unspecified atom stereocenters. The van der Waals surface area contributed by atoms with Gasteiger partial charge in [0.25, 0.3) is 0 Å². The van der Waals surface area contributed by atoms with Gasteiger partial charge in [-0.05, 0) is 17.7 Å². The minimum absolute atomic E-state index is 0.0786. The van der Waals surface area contributed by atoms with E-state index in [1.807, 2.05) is 36.4 Å². The zero-order chi connectivity index (χ0) is 17.6. The Hall–Kier alpha value is -1.92. The number of aliphatic hydroxyl groups excluding tert-OH is 1. The quantitative estimate of drug-likeness (QED) is 0.620. The predicted octanol–water partition coefficient (Wildman–Crippen LogP) is 3.38. The molecule has 0 aliphatic heterocycles. The fourth-order valence-corrected chi connectivity index (χ4v) is 2.95. The van der Waals surface area contributed by atoms with Gasteiger partial charge in [0.15, 0.2) is 0 Å². The average Bonchev–Trinajstić information content (AvgIpc) is 3.01. The standard InChI is InChI=1S/C18H18Cl2N4O/c19-15-7-6-14(16(20)10-15)12-24-22-17(11-21-8-9-25)18(23-24)13-4-2-1-3-5-13/h1-7,10,21,25H,8-9,11-12H2. The van der Waals surface area contributed by atoms with Crippen molar-refractivity contribution in [3.63, 3.8) is 0 Å². The maximum Gasteiger partial charge on any atom is 0.117 e. The molecule has 130 valence electrons. The van der Waals surface area contributed by atoms with E-state index >= 15 is 0 Å². The molecule has 2 N–H and O–H groups in total. The molecule has 0 bridgehead atoms. The Bertz CT molecular complexity index is 836. The van der Waals surface area contributed by atoms with E-state index in [4.69, 9.17) is 28.3 Å². The highest BCUT2D eigenvalue weighted by molar-refractivity contribution is 6.35. The summed E-state index contributed by atoms with van der Waals surface area (Å²) in [6.45, 7) is 1.56. The van der Waals surface area contributed by atoms with Gasteiger partial charge < -0.3 is 10.4 Å². The van der Waals surface area contributed by atoms with Crippen LogP contribution in [0.25, 0.3) is 11.3 Å². The van der Waals surface area contributed by atoms with Crippen LogP contribution < -0.4 is 5.32 Å². The van der Waals surface area contributed by atoms with Crippen LogP contribution in [0.2, 0.25) is 10.0 Å². The van der Waals surface area contributed by atoms with Gasteiger partial charge in [0.1, 0.15) is 11.4 Å². The number of nitrogens with one attached hydrogen (secondary N) is 1. The number of aliphatic hydroxyl groups is 1. The van der Waals surface area contributed by atoms with E-state index in [9.17, 15) is 0 Å². The zero-order valence-corrected chi connectivity index (χ0v) is 15.0. The van der Waals surface area contributed by atoms with Crippen molar-refractivity contribution in [2.24, 2.45) is 0 Å². The molecule has 2 aromatic carbocycles. The molecule has 5 nitrogen and oxygen atoms in total. The topological polar surface area (TPSA) is 63.0 Å². The maximum absolute atomic E-state index is 8.95. The van der Waals surface area contributed by atoms with Gasteiger partial charge in [0, 0.05) is 28.7 Å². The summed E-state index contributed by atoms with van der Waals surface area (Å²) in [5, 5.41) is 22.5.